The predicted octanol–water partition coefficient (Wildman–Crippen LogP) is 1.98. The van der Waals surface area contributed by atoms with Crippen LogP contribution in [0.5, 0.6) is 0 Å². The number of hydrogen-bond acceptors (Lipinski definition) is 4. The minimum atomic E-state index is -0.0473. The molecule has 0 aliphatic rings. The summed E-state index contributed by atoms with van der Waals surface area (Å²) in [6.45, 7) is 8.17. The minimum absolute atomic E-state index is 0.0473. The third-order valence-electron chi connectivity index (χ3n) is 1.91. The van der Waals surface area contributed by atoms with Crippen molar-refractivity contribution in [1.29, 1.82) is 0 Å². The number of aromatic nitrogens is 3. The lowest BCUT2D eigenvalue weighted by molar-refractivity contribution is -0.118. The maximum absolute atomic E-state index is 11.5. The summed E-state index contributed by atoms with van der Waals surface area (Å²) in [7, 11) is 0. The monoisotopic (exact) mass is 318 g/mol. The van der Waals surface area contributed by atoms with Crippen molar-refractivity contribution in [1.82, 2.24) is 20.1 Å². The van der Waals surface area contributed by atoms with E-state index in [1.54, 1.807) is 6.33 Å². The van der Waals surface area contributed by atoms with E-state index in [4.69, 9.17) is 0 Å². The standard InChI is InChI=1S/C10H15BrN4OS/c1-7(2)15-6-13-14-10(15)17-5-9(16)12-4-8(3)11/h6-7H,3-5H2,1-2H3,(H,12,16). The number of nitrogens with one attached hydrogen (secondary N) is 1. The van der Waals surface area contributed by atoms with Crippen molar-refractivity contribution in [2.75, 3.05) is 12.3 Å². The van der Waals surface area contributed by atoms with Gasteiger partial charge in [0.2, 0.25) is 5.91 Å². The molecule has 1 aromatic rings. The number of carbonyl (C=O) groups is 1. The highest BCUT2D eigenvalue weighted by molar-refractivity contribution is 9.11. The van der Waals surface area contributed by atoms with Gasteiger partial charge >= 0.3 is 0 Å². The van der Waals surface area contributed by atoms with Crippen LogP contribution in [0.4, 0.5) is 0 Å². The highest BCUT2D eigenvalue weighted by Crippen LogP contribution is 2.18. The van der Waals surface area contributed by atoms with Crippen LogP contribution < -0.4 is 5.32 Å². The maximum atomic E-state index is 11.5. The van der Waals surface area contributed by atoms with E-state index in [1.165, 1.54) is 11.8 Å². The molecule has 1 amide bonds. The fourth-order valence-corrected chi connectivity index (χ4v) is 2.08. The van der Waals surface area contributed by atoms with Gasteiger partial charge in [0.15, 0.2) is 5.16 Å². The Morgan fingerprint density at radius 2 is 2.41 bits per heavy atom. The molecule has 17 heavy (non-hydrogen) atoms. The van der Waals surface area contributed by atoms with E-state index in [9.17, 15) is 4.79 Å². The molecular formula is C10H15BrN4OS. The van der Waals surface area contributed by atoms with E-state index in [0.717, 1.165) is 9.64 Å². The molecule has 94 valence electrons. The van der Waals surface area contributed by atoms with E-state index in [1.807, 2.05) is 18.4 Å². The van der Waals surface area contributed by atoms with Crippen LogP contribution >= 0.6 is 27.7 Å². The van der Waals surface area contributed by atoms with Gasteiger partial charge in [0, 0.05) is 17.1 Å². The first kappa shape index (κ1) is 14.2. The SMILES string of the molecule is C=C(Br)CNC(=O)CSc1nncn1C(C)C. The Morgan fingerprint density at radius 1 is 1.71 bits per heavy atom. The first-order chi connectivity index (χ1) is 8.00. The molecule has 1 rings (SSSR count). The zero-order valence-corrected chi connectivity index (χ0v) is 12.2. The Balaban J connectivity index is 2.42. The fraction of sp³-hybridized carbons (Fsp3) is 0.500. The third-order valence-corrected chi connectivity index (χ3v) is 3.14. The highest BCUT2D eigenvalue weighted by Gasteiger charge is 2.10. The van der Waals surface area contributed by atoms with Gasteiger partial charge in [-0.25, -0.2) is 0 Å². The van der Waals surface area contributed by atoms with Gasteiger partial charge in [-0.1, -0.05) is 34.3 Å². The Kier molecular flexibility index (Phi) is 5.70. The molecule has 7 heteroatoms. The maximum Gasteiger partial charge on any atom is 0.230 e. The lowest BCUT2D eigenvalue weighted by atomic mass is 10.4. The molecule has 1 aromatic heterocycles. The normalized spacial score (nSPS) is 10.6. The zero-order valence-electron chi connectivity index (χ0n) is 9.81. The molecule has 0 bridgehead atoms. The molecule has 0 atom stereocenters. The van der Waals surface area contributed by atoms with Crippen molar-refractivity contribution in [3.05, 3.63) is 17.4 Å². The van der Waals surface area contributed by atoms with E-state index < -0.39 is 0 Å². The summed E-state index contributed by atoms with van der Waals surface area (Å²) in [6, 6.07) is 0.290. The molecule has 0 saturated heterocycles. The number of halogens is 1. The van der Waals surface area contributed by atoms with Crippen LogP contribution in [0.15, 0.2) is 22.5 Å². The van der Waals surface area contributed by atoms with Gasteiger partial charge in [-0.3, -0.25) is 4.79 Å². The van der Waals surface area contributed by atoms with Crippen molar-refractivity contribution in [2.24, 2.45) is 0 Å². The fourth-order valence-electron chi connectivity index (χ4n) is 1.07. The summed E-state index contributed by atoms with van der Waals surface area (Å²) in [5.41, 5.74) is 0. The van der Waals surface area contributed by atoms with E-state index in [0.29, 0.717) is 12.3 Å². The van der Waals surface area contributed by atoms with Crippen LogP contribution in [0.2, 0.25) is 0 Å². The van der Waals surface area contributed by atoms with Crippen molar-refractivity contribution >= 4 is 33.6 Å². The Hall–Kier alpha value is -0.820. The van der Waals surface area contributed by atoms with Gasteiger partial charge in [-0.2, -0.15) is 0 Å². The van der Waals surface area contributed by atoms with Crippen LogP contribution in [-0.2, 0) is 4.79 Å². The molecule has 0 unspecified atom stereocenters. The summed E-state index contributed by atoms with van der Waals surface area (Å²) in [6.07, 6.45) is 1.67. The Bertz CT molecular complexity index is 405. The molecule has 0 fully saturated rings. The quantitative estimate of drug-likeness (QED) is 0.815. The molecular weight excluding hydrogens is 304 g/mol. The average molecular weight is 319 g/mol. The molecule has 0 aliphatic heterocycles. The zero-order chi connectivity index (χ0) is 12.8. The smallest absolute Gasteiger partial charge is 0.230 e. The number of hydrogen-bond donors (Lipinski definition) is 1. The van der Waals surface area contributed by atoms with Crippen molar-refractivity contribution in [2.45, 2.75) is 25.0 Å². The van der Waals surface area contributed by atoms with Crippen LogP contribution in [0, 0.1) is 0 Å². The molecule has 1 heterocycles. The summed E-state index contributed by atoms with van der Waals surface area (Å²) in [5, 5.41) is 11.3. The number of amides is 1. The lowest BCUT2D eigenvalue weighted by Gasteiger charge is -2.09. The first-order valence-corrected chi connectivity index (χ1v) is 6.91. The second kappa shape index (κ2) is 6.80. The summed E-state index contributed by atoms with van der Waals surface area (Å²) in [4.78, 5) is 11.5. The van der Waals surface area contributed by atoms with Crippen LogP contribution in [0.3, 0.4) is 0 Å². The van der Waals surface area contributed by atoms with Gasteiger partial charge < -0.3 is 9.88 Å². The molecule has 5 nitrogen and oxygen atoms in total. The van der Waals surface area contributed by atoms with Gasteiger partial charge in [0.05, 0.1) is 5.75 Å². The number of nitrogens with zero attached hydrogens (tertiary/aromatic N) is 3. The second-order valence-electron chi connectivity index (χ2n) is 3.70. The van der Waals surface area contributed by atoms with Crippen molar-refractivity contribution in [3.8, 4) is 0 Å². The Labute approximate surface area is 113 Å². The van der Waals surface area contributed by atoms with Crippen LogP contribution in [0.1, 0.15) is 19.9 Å². The largest absolute Gasteiger partial charge is 0.351 e. The summed E-state index contributed by atoms with van der Waals surface area (Å²) < 4.78 is 2.68. The molecule has 0 aliphatic carbocycles. The molecule has 0 aromatic carbocycles. The van der Waals surface area contributed by atoms with Crippen molar-refractivity contribution < 1.29 is 4.79 Å². The number of thioether (sulfide) groups is 1. The predicted molar refractivity (Wildman–Crippen MR) is 72.2 cm³/mol. The van der Waals surface area contributed by atoms with E-state index in [2.05, 4.69) is 38.0 Å². The topological polar surface area (TPSA) is 59.8 Å². The van der Waals surface area contributed by atoms with Gasteiger partial charge in [0.1, 0.15) is 6.33 Å². The molecule has 0 radical (unpaired) electrons. The molecule has 0 saturated carbocycles. The molecule has 1 N–H and O–H groups in total. The Morgan fingerprint density at radius 3 is 3.00 bits per heavy atom. The number of rotatable bonds is 6. The van der Waals surface area contributed by atoms with Gasteiger partial charge in [-0.05, 0) is 13.8 Å². The van der Waals surface area contributed by atoms with Gasteiger partial charge in [-0.15, -0.1) is 10.2 Å². The number of carbonyl (C=O) groups excluding carboxylic acids is 1. The summed E-state index contributed by atoms with van der Waals surface area (Å²) >= 11 is 4.56. The van der Waals surface area contributed by atoms with Crippen LogP contribution in [0.25, 0.3) is 0 Å². The minimum Gasteiger partial charge on any atom is -0.351 e. The van der Waals surface area contributed by atoms with Crippen LogP contribution in [-0.4, -0.2) is 33.0 Å². The van der Waals surface area contributed by atoms with Gasteiger partial charge in [0.25, 0.3) is 0 Å². The third kappa shape index (κ3) is 4.91. The second-order valence-corrected chi connectivity index (χ2v) is 5.76. The molecule has 0 spiro atoms. The lowest BCUT2D eigenvalue weighted by Crippen LogP contribution is -2.26. The van der Waals surface area contributed by atoms with E-state index >= 15 is 0 Å². The first-order valence-electron chi connectivity index (χ1n) is 5.13. The average Bonchev–Trinajstić information content (AvgIpc) is 2.71. The highest BCUT2D eigenvalue weighted by atomic mass is 79.9. The summed E-state index contributed by atoms with van der Waals surface area (Å²) in [5.74, 6) is 0.278. The van der Waals surface area contributed by atoms with E-state index in [-0.39, 0.29) is 11.9 Å². The van der Waals surface area contributed by atoms with Crippen molar-refractivity contribution in [3.63, 3.8) is 0 Å².